The molecule has 11 nitrogen and oxygen atoms in total. The van der Waals surface area contributed by atoms with E-state index in [2.05, 4.69) is 25.2 Å². The Kier molecular flexibility index (Phi) is 4.83. The maximum atomic E-state index is 12.8. The van der Waals surface area contributed by atoms with Crippen LogP contribution in [-0.4, -0.2) is 41.3 Å². The summed E-state index contributed by atoms with van der Waals surface area (Å²) in [7, 11) is 0. The molecule has 4 rings (SSSR count). The zero-order valence-electron chi connectivity index (χ0n) is 14.9. The van der Waals surface area contributed by atoms with Crippen LogP contribution < -0.4 is 10.3 Å². The van der Waals surface area contributed by atoms with Crippen molar-refractivity contribution in [3.63, 3.8) is 0 Å². The Morgan fingerprint density at radius 3 is 2.63 bits per heavy atom. The number of nitrogens with zero attached hydrogens (tertiary/aromatic N) is 7. The molecule has 0 aliphatic heterocycles. The summed E-state index contributed by atoms with van der Waals surface area (Å²) in [4.78, 5) is 27.3. The SMILES string of the molecule is O=c1c2cc([N+](=O)[O-])ccc2ncn1Cc1nnnn1-c1ccc(OC(F)F)cc1. The normalized spacial score (nSPS) is 11.2. The van der Waals surface area contributed by atoms with Crippen molar-refractivity contribution in [1.82, 2.24) is 29.8 Å². The maximum Gasteiger partial charge on any atom is 0.387 e. The molecule has 0 aliphatic rings. The number of nitro groups is 1. The predicted octanol–water partition coefficient (Wildman–Crippen LogP) is 1.93. The van der Waals surface area contributed by atoms with Gasteiger partial charge in [0.2, 0.25) is 0 Å². The van der Waals surface area contributed by atoms with Crippen LogP contribution >= 0.6 is 0 Å². The van der Waals surface area contributed by atoms with E-state index in [0.717, 1.165) is 6.07 Å². The molecule has 0 amide bonds. The van der Waals surface area contributed by atoms with Crippen LogP contribution in [0.2, 0.25) is 0 Å². The van der Waals surface area contributed by atoms with Gasteiger partial charge in [-0.2, -0.15) is 13.5 Å². The number of ether oxygens (including phenoxy) is 1. The van der Waals surface area contributed by atoms with E-state index in [1.165, 1.54) is 52.0 Å². The standard InChI is InChI=1S/C17H11F2N7O4/c18-17(19)30-12-4-1-10(2-5-12)25-15(21-22-23-25)8-24-9-20-14-6-3-11(26(28)29)7-13(14)16(24)27/h1-7,9,17H,8H2. The predicted molar refractivity (Wildman–Crippen MR) is 97.5 cm³/mol. The number of aromatic nitrogens is 6. The summed E-state index contributed by atoms with van der Waals surface area (Å²) >= 11 is 0. The van der Waals surface area contributed by atoms with Gasteiger partial charge in [-0.15, -0.1) is 5.10 Å². The van der Waals surface area contributed by atoms with Crippen LogP contribution in [-0.2, 0) is 6.54 Å². The Morgan fingerprint density at radius 2 is 1.93 bits per heavy atom. The second-order valence-corrected chi connectivity index (χ2v) is 6.02. The Labute approximate surface area is 165 Å². The molecule has 2 aromatic heterocycles. The molecule has 2 heterocycles. The molecule has 30 heavy (non-hydrogen) atoms. The molecular formula is C17H11F2N7O4. The number of fused-ring (bicyclic) bond motifs is 1. The third-order valence-electron chi connectivity index (χ3n) is 4.17. The molecule has 0 aliphatic carbocycles. The number of nitro benzene ring substituents is 1. The molecule has 0 N–H and O–H groups in total. The van der Waals surface area contributed by atoms with E-state index >= 15 is 0 Å². The highest BCUT2D eigenvalue weighted by Gasteiger charge is 2.14. The Hall–Kier alpha value is -4.29. The molecule has 0 fully saturated rings. The van der Waals surface area contributed by atoms with Crippen LogP contribution in [0.25, 0.3) is 16.6 Å². The summed E-state index contributed by atoms with van der Waals surface area (Å²) in [6.07, 6.45) is 1.29. The largest absolute Gasteiger partial charge is 0.435 e. The van der Waals surface area contributed by atoms with Gasteiger partial charge in [0, 0.05) is 12.1 Å². The van der Waals surface area contributed by atoms with Crippen molar-refractivity contribution < 1.29 is 18.4 Å². The molecule has 0 unspecified atom stereocenters. The van der Waals surface area contributed by atoms with Crippen LogP contribution in [0.4, 0.5) is 14.5 Å². The van der Waals surface area contributed by atoms with Gasteiger partial charge in [0.15, 0.2) is 5.82 Å². The van der Waals surface area contributed by atoms with E-state index in [4.69, 9.17) is 0 Å². The van der Waals surface area contributed by atoms with Crippen LogP contribution in [0.15, 0.2) is 53.6 Å². The quantitative estimate of drug-likeness (QED) is 0.345. The first-order valence-corrected chi connectivity index (χ1v) is 8.38. The lowest BCUT2D eigenvalue weighted by Gasteiger charge is -2.09. The van der Waals surface area contributed by atoms with Crippen LogP contribution in [0, 0.1) is 10.1 Å². The van der Waals surface area contributed by atoms with Crippen LogP contribution in [0.3, 0.4) is 0 Å². The number of hydrogen-bond acceptors (Lipinski definition) is 8. The average Bonchev–Trinajstić information content (AvgIpc) is 3.18. The summed E-state index contributed by atoms with van der Waals surface area (Å²) in [6.45, 7) is -3.02. The van der Waals surface area contributed by atoms with E-state index in [1.54, 1.807) is 0 Å². The second kappa shape index (κ2) is 7.62. The van der Waals surface area contributed by atoms with Gasteiger partial charge in [0.25, 0.3) is 11.2 Å². The second-order valence-electron chi connectivity index (χ2n) is 6.02. The number of non-ortho nitro benzene ring substituents is 1. The first kappa shape index (κ1) is 19.0. The van der Waals surface area contributed by atoms with Crippen molar-refractivity contribution in [2.24, 2.45) is 0 Å². The molecule has 0 bridgehead atoms. The lowest BCUT2D eigenvalue weighted by Crippen LogP contribution is -2.23. The third kappa shape index (κ3) is 3.67. The number of hydrogen-bond donors (Lipinski definition) is 0. The van der Waals surface area contributed by atoms with E-state index in [-0.39, 0.29) is 29.2 Å². The van der Waals surface area contributed by atoms with E-state index in [9.17, 15) is 23.7 Å². The Balaban J connectivity index is 1.67. The molecule has 2 aromatic carbocycles. The topological polar surface area (TPSA) is 131 Å². The smallest absolute Gasteiger partial charge is 0.387 e. The molecule has 0 radical (unpaired) electrons. The molecular weight excluding hydrogens is 404 g/mol. The molecule has 0 spiro atoms. The van der Waals surface area contributed by atoms with Gasteiger partial charge in [0.1, 0.15) is 5.75 Å². The number of rotatable bonds is 6. The van der Waals surface area contributed by atoms with Crippen molar-refractivity contribution in [2.45, 2.75) is 13.2 Å². The fourth-order valence-electron chi connectivity index (χ4n) is 2.80. The van der Waals surface area contributed by atoms with E-state index < -0.39 is 17.1 Å². The van der Waals surface area contributed by atoms with Gasteiger partial charge in [-0.3, -0.25) is 19.5 Å². The number of alkyl halides is 2. The van der Waals surface area contributed by atoms with E-state index in [1.807, 2.05) is 0 Å². The molecule has 13 heteroatoms. The van der Waals surface area contributed by atoms with Gasteiger partial charge in [-0.05, 0) is 40.8 Å². The lowest BCUT2D eigenvalue weighted by molar-refractivity contribution is -0.384. The maximum absolute atomic E-state index is 12.8. The average molecular weight is 415 g/mol. The molecule has 152 valence electrons. The minimum absolute atomic E-state index is 0.0279. The lowest BCUT2D eigenvalue weighted by atomic mass is 10.2. The Bertz CT molecular complexity index is 1290. The van der Waals surface area contributed by atoms with Gasteiger partial charge < -0.3 is 4.74 Å². The zero-order valence-corrected chi connectivity index (χ0v) is 14.9. The van der Waals surface area contributed by atoms with Gasteiger partial charge >= 0.3 is 6.61 Å². The minimum Gasteiger partial charge on any atom is -0.435 e. The van der Waals surface area contributed by atoms with Gasteiger partial charge in [0.05, 0.1) is 34.4 Å². The summed E-state index contributed by atoms with van der Waals surface area (Å²) < 4.78 is 31.4. The van der Waals surface area contributed by atoms with Crippen LogP contribution in [0.1, 0.15) is 5.82 Å². The molecule has 0 saturated heterocycles. The van der Waals surface area contributed by atoms with Crippen LogP contribution in [0.5, 0.6) is 5.75 Å². The number of benzene rings is 2. The minimum atomic E-state index is -2.94. The van der Waals surface area contributed by atoms with Crippen molar-refractivity contribution in [3.05, 3.63) is 75.1 Å². The first-order valence-electron chi connectivity index (χ1n) is 8.38. The summed E-state index contributed by atoms with van der Waals surface area (Å²) in [6, 6.07) is 9.43. The third-order valence-corrected chi connectivity index (χ3v) is 4.17. The summed E-state index contributed by atoms with van der Waals surface area (Å²) in [5, 5.41) is 22.4. The van der Waals surface area contributed by atoms with E-state index in [0.29, 0.717) is 11.2 Å². The zero-order chi connectivity index (χ0) is 21.3. The van der Waals surface area contributed by atoms with Crippen molar-refractivity contribution >= 4 is 16.6 Å². The first-order chi connectivity index (χ1) is 14.4. The van der Waals surface area contributed by atoms with Gasteiger partial charge in [-0.25, -0.2) is 4.98 Å². The molecule has 4 aromatic rings. The van der Waals surface area contributed by atoms with Crippen molar-refractivity contribution in [2.75, 3.05) is 0 Å². The molecule has 0 saturated carbocycles. The number of halogens is 2. The fourth-order valence-corrected chi connectivity index (χ4v) is 2.80. The summed E-state index contributed by atoms with van der Waals surface area (Å²) in [5.41, 5.74) is 0.0409. The highest BCUT2D eigenvalue weighted by molar-refractivity contribution is 5.79. The summed E-state index contributed by atoms with van der Waals surface area (Å²) in [5.74, 6) is 0.228. The number of tetrazole rings is 1. The van der Waals surface area contributed by atoms with Gasteiger partial charge in [-0.1, -0.05) is 0 Å². The highest BCUT2D eigenvalue weighted by atomic mass is 19.3. The monoisotopic (exact) mass is 415 g/mol. The molecule has 0 atom stereocenters. The fraction of sp³-hybridized carbons (Fsp3) is 0.118. The highest BCUT2D eigenvalue weighted by Crippen LogP contribution is 2.18. The Morgan fingerprint density at radius 1 is 1.17 bits per heavy atom. The van der Waals surface area contributed by atoms with Crippen molar-refractivity contribution in [1.29, 1.82) is 0 Å². The van der Waals surface area contributed by atoms with Crippen molar-refractivity contribution in [3.8, 4) is 11.4 Å².